The number of nitriles is 1. The number of sulfone groups is 1. The van der Waals surface area contributed by atoms with Gasteiger partial charge in [-0.25, -0.2) is 8.42 Å². The summed E-state index contributed by atoms with van der Waals surface area (Å²) in [7, 11) is -2.43. The van der Waals surface area contributed by atoms with E-state index < -0.39 is 9.84 Å². The Morgan fingerprint density at radius 2 is 1.83 bits per heavy atom. The fourth-order valence-corrected chi connectivity index (χ4v) is 3.95. The van der Waals surface area contributed by atoms with Crippen LogP contribution >= 0.6 is 11.6 Å². The van der Waals surface area contributed by atoms with Crippen molar-refractivity contribution in [2.75, 3.05) is 13.7 Å². The maximum atomic E-state index is 12.7. The molecule has 0 spiro atoms. The second kappa shape index (κ2) is 10.9. The Morgan fingerprint density at radius 3 is 2.45 bits per heavy atom. The molecule has 0 heterocycles. The Labute approximate surface area is 177 Å². The first kappa shape index (κ1) is 22.8. The lowest BCUT2D eigenvalue weighted by molar-refractivity contribution is 0.285. The first-order valence-electron chi connectivity index (χ1n) is 9.35. The first-order chi connectivity index (χ1) is 13.9. The van der Waals surface area contributed by atoms with Gasteiger partial charge in [0.15, 0.2) is 11.5 Å². The van der Waals surface area contributed by atoms with Gasteiger partial charge in [-0.2, -0.15) is 5.26 Å². The summed E-state index contributed by atoms with van der Waals surface area (Å²) in [6.45, 7) is 2.73. The third kappa shape index (κ3) is 6.25. The van der Waals surface area contributed by atoms with Crippen LogP contribution in [0.5, 0.6) is 11.5 Å². The van der Waals surface area contributed by atoms with E-state index in [1.165, 1.54) is 43.9 Å². The molecule has 0 bridgehead atoms. The summed E-state index contributed by atoms with van der Waals surface area (Å²) >= 11 is 5.81. The van der Waals surface area contributed by atoms with Gasteiger partial charge in [0, 0.05) is 5.02 Å². The lowest BCUT2D eigenvalue weighted by atomic mass is 10.2. The Balaban J connectivity index is 2.25. The van der Waals surface area contributed by atoms with Crippen LogP contribution < -0.4 is 9.47 Å². The van der Waals surface area contributed by atoms with Crippen LogP contribution in [0.2, 0.25) is 5.02 Å². The van der Waals surface area contributed by atoms with Crippen LogP contribution in [0, 0.1) is 11.3 Å². The second-order valence-electron chi connectivity index (χ2n) is 6.40. The quantitative estimate of drug-likeness (QED) is 0.357. The van der Waals surface area contributed by atoms with Crippen molar-refractivity contribution in [3.63, 3.8) is 0 Å². The lowest BCUT2D eigenvalue weighted by Gasteiger charge is -2.11. The number of rotatable bonds is 10. The van der Waals surface area contributed by atoms with E-state index in [0.29, 0.717) is 28.7 Å². The van der Waals surface area contributed by atoms with Gasteiger partial charge in [0.25, 0.3) is 0 Å². The smallest absolute Gasteiger partial charge is 0.216 e. The Bertz CT molecular complexity index is 992. The van der Waals surface area contributed by atoms with Gasteiger partial charge in [-0.3, -0.25) is 0 Å². The minimum Gasteiger partial charge on any atom is -0.493 e. The van der Waals surface area contributed by atoms with E-state index in [9.17, 15) is 13.7 Å². The van der Waals surface area contributed by atoms with E-state index in [0.717, 1.165) is 19.3 Å². The standard InChI is InChI=1S/C22H24ClNO4S/c1-3-4-5-6-13-28-21-12-7-17(15-22(21)27-2)14-20(16-24)29(25,26)19-10-8-18(23)9-11-19/h7-12,14-15H,3-6,13H2,1-2H3/b20-14-. The highest BCUT2D eigenvalue weighted by atomic mass is 35.5. The van der Waals surface area contributed by atoms with Crippen molar-refractivity contribution in [3.8, 4) is 17.6 Å². The molecule has 7 heteroatoms. The molecule has 2 rings (SSSR count). The molecule has 0 aliphatic heterocycles. The van der Waals surface area contributed by atoms with Crippen LogP contribution in [0.15, 0.2) is 52.3 Å². The zero-order valence-electron chi connectivity index (χ0n) is 16.5. The number of ether oxygens (including phenoxy) is 2. The molecule has 0 fully saturated rings. The van der Waals surface area contributed by atoms with E-state index >= 15 is 0 Å². The molecule has 0 radical (unpaired) electrons. The minimum atomic E-state index is -3.95. The molecule has 0 saturated heterocycles. The molecule has 29 heavy (non-hydrogen) atoms. The highest BCUT2D eigenvalue weighted by molar-refractivity contribution is 7.95. The summed E-state index contributed by atoms with van der Waals surface area (Å²) in [5, 5.41) is 9.85. The highest BCUT2D eigenvalue weighted by Gasteiger charge is 2.21. The molecule has 0 saturated carbocycles. The number of benzene rings is 2. The minimum absolute atomic E-state index is 0.00805. The van der Waals surface area contributed by atoms with Crippen LogP contribution in [-0.4, -0.2) is 22.1 Å². The maximum absolute atomic E-state index is 12.7. The van der Waals surface area contributed by atoms with E-state index in [-0.39, 0.29) is 9.80 Å². The normalized spacial score (nSPS) is 11.7. The van der Waals surface area contributed by atoms with Crippen molar-refractivity contribution >= 4 is 27.5 Å². The molecule has 0 unspecified atom stereocenters. The zero-order valence-corrected chi connectivity index (χ0v) is 18.1. The van der Waals surface area contributed by atoms with Crippen molar-refractivity contribution in [1.29, 1.82) is 5.26 Å². The molecule has 0 aromatic heterocycles. The largest absolute Gasteiger partial charge is 0.493 e. The van der Waals surface area contributed by atoms with Crippen molar-refractivity contribution in [1.82, 2.24) is 0 Å². The molecular weight excluding hydrogens is 410 g/mol. The first-order valence-corrected chi connectivity index (χ1v) is 11.2. The number of hydrogen-bond acceptors (Lipinski definition) is 5. The molecule has 154 valence electrons. The van der Waals surface area contributed by atoms with Crippen molar-refractivity contribution in [3.05, 3.63) is 58.0 Å². The third-order valence-electron chi connectivity index (χ3n) is 4.26. The SMILES string of the molecule is CCCCCCOc1ccc(/C=C(/C#N)S(=O)(=O)c2ccc(Cl)cc2)cc1OC. The maximum Gasteiger partial charge on any atom is 0.216 e. The van der Waals surface area contributed by atoms with Crippen LogP contribution in [0.4, 0.5) is 0 Å². The average molecular weight is 434 g/mol. The summed E-state index contributed by atoms with van der Waals surface area (Å²) in [6, 6.07) is 12.5. The predicted molar refractivity (Wildman–Crippen MR) is 115 cm³/mol. The number of unbranched alkanes of at least 4 members (excludes halogenated alkanes) is 3. The van der Waals surface area contributed by atoms with Gasteiger partial charge in [0.2, 0.25) is 9.84 Å². The van der Waals surface area contributed by atoms with Gasteiger partial charge in [0.05, 0.1) is 18.6 Å². The number of methoxy groups -OCH3 is 1. The fraction of sp³-hybridized carbons (Fsp3) is 0.318. The van der Waals surface area contributed by atoms with Crippen molar-refractivity contribution < 1.29 is 17.9 Å². The van der Waals surface area contributed by atoms with Gasteiger partial charge in [-0.15, -0.1) is 0 Å². The summed E-state index contributed by atoms with van der Waals surface area (Å²) in [4.78, 5) is -0.358. The highest BCUT2D eigenvalue weighted by Crippen LogP contribution is 2.30. The summed E-state index contributed by atoms with van der Waals surface area (Å²) in [5.74, 6) is 1.07. The predicted octanol–water partition coefficient (Wildman–Crippen LogP) is 5.65. The van der Waals surface area contributed by atoms with Gasteiger partial charge in [-0.1, -0.05) is 43.9 Å². The molecule has 5 nitrogen and oxygen atoms in total. The topological polar surface area (TPSA) is 76.4 Å². The van der Waals surface area contributed by atoms with Crippen LogP contribution in [-0.2, 0) is 9.84 Å². The number of halogens is 1. The molecule has 0 atom stereocenters. The number of allylic oxidation sites excluding steroid dienone is 1. The van der Waals surface area contributed by atoms with E-state index in [4.69, 9.17) is 21.1 Å². The summed E-state index contributed by atoms with van der Waals surface area (Å²) in [6.07, 6.45) is 5.70. The van der Waals surface area contributed by atoms with Gasteiger partial charge >= 0.3 is 0 Å². The second-order valence-corrected chi connectivity index (χ2v) is 8.75. The molecule has 2 aromatic carbocycles. The Kier molecular flexibility index (Phi) is 8.56. The average Bonchev–Trinajstić information content (AvgIpc) is 2.72. The van der Waals surface area contributed by atoms with E-state index in [1.807, 2.05) is 0 Å². The number of hydrogen-bond donors (Lipinski definition) is 0. The molecule has 0 aliphatic rings. The molecule has 2 aromatic rings. The van der Waals surface area contributed by atoms with Crippen molar-refractivity contribution in [2.45, 2.75) is 37.5 Å². The van der Waals surface area contributed by atoms with Crippen LogP contribution in [0.1, 0.15) is 38.2 Å². The Morgan fingerprint density at radius 1 is 1.10 bits per heavy atom. The lowest BCUT2D eigenvalue weighted by Crippen LogP contribution is -2.03. The van der Waals surface area contributed by atoms with Gasteiger partial charge < -0.3 is 9.47 Å². The number of nitrogens with zero attached hydrogens (tertiary/aromatic N) is 1. The summed E-state index contributed by atoms with van der Waals surface area (Å²) < 4.78 is 36.6. The van der Waals surface area contributed by atoms with Crippen molar-refractivity contribution in [2.24, 2.45) is 0 Å². The molecular formula is C22H24ClNO4S. The van der Waals surface area contributed by atoms with Crippen LogP contribution in [0.3, 0.4) is 0 Å². The van der Waals surface area contributed by atoms with Gasteiger partial charge in [0.1, 0.15) is 11.0 Å². The Hall–Kier alpha value is -2.49. The van der Waals surface area contributed by atoms with Crippen LogP contribution in [0.25, 0.3) is 6.08 Å². The molecule has 0 N–H and O–H groups in total. The van der Waals surface area contributed by atoms with Gasteiger partial charge in [-0.05, 0) is 54.5 Å². The zero-order chi connectivity index (χ0) is 21.3. The summed E-state index contributed by atoms with van der Waals surface area (Å²) in [5.41, 5.74) is 0.522. The third-order valence-corrected chi connectivity index (χ3v) is 6.20. The van der Waals surface area contributed by atoms with E-state index in [1.54, 1.807) is 24.3 Å². The molecule has 0 amide bonds. The van der Waals surface area contributed by atoms with E-state index in [2.05, 4.69) is 6.92 Å². The molecule has 0 aliphatic carbocycles. The monoisotopic (exact) mass is 433 g/mol. The fourth-order valence-electron chi connectivity index (χ4n) is 2.67.